The van der Waals surface area contributed by atoms with Gasteiger partial charge in [-0.1, -0.05) is 54.8 Å². The lowest BCUT2D eigenvalue weighted by atomic mass is 10.0. The number of hydrogen-bond acceptors (Lipinski definition) is 4. The first-order valence-electron chi connectivity index (χ1n) is 10.4. The number of nitrogens with zero attached hydrogens (tertiary/aromatic N) is 1. The molecule has 0 saturated carbocycles. The van der Waals surface area contributed by atoms with Gasteiger partial charge >= 0.3 is 0 Å². The molecule has 0 fully saturated rings. The van der Waals surface area contributed by atoms with Crippen LogP contribution in [0.25, 0.3) is 0 Å². The maximum atomic E-state index is 13.3. The summed E-state index contributed by atoms with van der Waals surface area (Å²) >= 11 is 0. The SMILES string of the molecule is Cc1ccc(N(CC(=O)NNC2=CCCCCCC2)S(=O)(=O)c2ccccc2)cc1. The zero-order chi connectivity index (χ0) is 21.4. The van der Waals surface area contributed by atoms with Crippen molar-refractivity contribution in [3.63, 3.8) is 0 Å². The molecular weight excluding hydrogens is 398 g/mol. The van der Waals surface area contributed by atoms with Gasteiger partial charge in [-0.15, -0.1) is 0 Å². The molecule has 2 N–H and O–H groups in total. The van der Waals surface area contributed by atoms with E-state index in [1.54, 1.807) is 30.3 Å². The van der Waals surface area contributed by atoms with Gasteiger partial charge in [-0.2, -0.15) is 0 Å². The topological polar surface area (TPSA) is 78.5 Å². The Kier molecular flexibility index (Phi) is 7.52. The summed E-state index contributed by atoms with van der Waals surface area (Å²) in [5.74, 6) is -0.418. The van der Waals surface area contributed by atoms with Crippen molar-refractivity contribution in [2.24, 2.45) is 0 Å². The first-order chi connectivity index (χ1) is 14.5. The van der Waals surface area contributed by atoms with E-state index < -0.39 is 15.9 Å². The second-order valence-electron chi connectivity index (χ2n) is 7.52. The highest BCUT2D eigenvalue weighted by Crippen LogP contribution is 2.24. The van der Waals surface area contributed by atoms with E-state index in [0.717, 1.165) is 41.2 Å². The van der Waals surface area contributed by atoms with E-state index in [9.17, 15) is 13.2 Å². The highest BCUT2D eigenvalue weighted by molar-refractivity contribution is 7.92. The number of sulfonamides is 1. The number of rotatable bonds is 7. The van der Waals surface area contributed by atoms with Crippen LogP contribution >= 0.6 is 0 Å². The average Bonchev–Trinajstić information content (AvgIpc) is 2.72. The molecule has 1 aliphatic rings. The van der Waals surface area contributed by atoms with Crippen LogP contribution in [0.3, 0.4) is 0 Å². The molecule has 0 aromatic heterocycles. The van der Waals surface area contributed by atoms with E-state index in [4.69, 9.17) is 0 Å². The van der Waals surface area contributed by atoms with E-state index in [1.165, 1.54) is 25.0 Å². The quantitative estimate of drug-likeness (QED) is 0.654. The zero-order valence-electron chi connectivity index (χ0n) is 17.3. The molecule has 2 aromatic rings. The Bertz CT molecular complexity index is 971. The third kappa shape index (κ3) is 5.86. The minimum Gasteiger partial charge on any atom is -0.303 e. The van der Waals surface area contributed by atoms with Gasteiger partial charge in [0.05, 0.1) is 10.6 Å². The van der Waals surface area contributed by atoms with E-state index in [2.05, 4.69) is 16.9 Å². The number of anilines is 1. The Morgan fingerprint density at radius 1 is 0.967 bits per heavy atom. The molecule has 2 aromatic carbocycles. The predicted octanol–water partition coefficient (Wildman–Crippen LogP) is 4.05. The van der Waals surface area contributed by atoms with Crippen molar-refractivity contribution in [1.29, 1.82) is 0 Å². The minimum atomic E-state index is -3.89. The Labute approximate surface area is 179 Å². The lowest BCUT2D eigenvalue weighted by Gasteiger charge is -2.24. The van der Waals surface area contributed by atoms with Crippen LogP contribution in [0.4, 0.5) is 5.69 Å². The summed E-state index contributed by atoms with van der Waals surface area (Å²) in [4.78, 5) is 12.8. The first kappa shape index (κ1) is 21.9. The van der Waals surface area contributed by atoms with Crippen LogP contribution in [0.1, 0.15) is 44.1 Å². The molecule has 30 heavy (non-hydrogen) atoms. The van der Waals surface area contributed by atoms with E-state index in [1.807, 2.05) is 19.1 Å². The third-order valence-electron chi connectivity index (χ3n) is 5.09. The molecule has 0 spiro atoms. The summed E-state index contributed by atoms with van der Waals surface area (Å²) in [6, 6.07) is 15.3. The molecule has 7 heteroatoms. The van der Waals surface area contributed by atoms with Crippen molar-refractivity contribution in [2.45, 2.75) is 50.3 Å². The van der Waals surface area contributed by atoms with Crippen molar-refractivity contribution >= 4 is 21.6 Å². The number of aryl methyl sites for hydroxylation is 1. The monoisotopic (exact) mass is 427 g/mol. The van der Waals surface area contributed by atoms with Gasteiger partial charge in [-0.25, -0.2) is 8.42 Å². The van der Waals surface area contributed by atoms with Crippen molar-refractivity contribution in [2.75, 3.05) is 10.8 Å². The average molecular weight is 428 g/mol. The molecular formula is C23H29N3O3S. The number of hydrazine groups is 1. The molecule has 0 aliphatic heterocycles. The summed E-state index contributed by atoms with van der Waals surface area (Å²) in [5.41, 5.74) is 8.10. The van der Waals surface area contributed by atoms with Crippen molar-refractivity contribution in [3.05, 3.63) is 71.9 Å². The zero-order valence-corrected chi connectivity index (χ0v) is 18.1. The Morgan fingerprint density at radius 3 is 2.40 bits per heavy atom. The molecule has 1 aliphatic carbocycles. The highest BCUT2D eigenvalue weighted by Gasteiger charge is 2.27. The van der Waals surface area contributed by atoms with Crippen molar-refractivity contribution < 1.29 is 13.2 Å². The van der Waals surface area contributed by atoms with Crippen molar-refractivity contribution in [1.82, 2.24) is 10.9 Å². The first-order valence-corrected chi connectivity index (χ1v) is 11.8. The van der Waals surface area contributed by atoms with Gasteiger partial charge in [0.15, 0.2) is 0 Å². The third-order valence-corrected chi connectivity index (χ3v) is 6.88. The Morgan fingerprint density at radius 2 is 1.67 bits per heavy atom. The van der Waals surface area contributed by atoms with Gasteiger partial charge in [0.2, 0.25) is 0 Å². The fourth-order valence-corrected chi connectivity index (χ4v) is 4.81. The fraction of sp³-hybridized carbons (Fsp3) is 0.348. The maximum absolute atomic E-state index is 13.3. The van der Waals surface area contributed by atoms with Crippen LogP contribution in [0, 0.1) is 6.92 Å². The molecule has 0 bridgehead atoms. The second kappa shape index (κ2) is 10.3. The van der Waals surface area contributed by atoms with Crippen LogP contribution < -0.4 is 15.2 Å². The fourth-order valence-electron chi connectivity index (χ4n) is 3.37. The number of hydrogen-bond donors (Lipinski definition) is 2. The molecule has 1 amide bonds. The van der Waals surface area contributed by atoms with Gasteiger partial charge in [-0.05, 0) is 56.9 Å². The van der Waals surface area contributed by atoms with Crippen LogP contribution in [0.15, 0.2) is 71.3 Å². The summed E-state index contributed by atoms with van der Waals surface area (Å²) in [6.07, 6.45) is 8.61. The molecule has 160 valence electrons. The molecule has 3 rings (SSSR count). The molecule has 6 nitrogen and oxygen atoms in total. The van der Waals surface area contributed by atoms with Crippen LogP contribution in [0.2, 0.25) is 0 Å². The lowest BCUT2D eigenvalue weighted by Crippen LogP contribution is -2.45. The number of carbonyl (C=O) groups excluding carboxylic acids is 1. The summed E-state index contributed by atoms with van der Waals surface area (Å²) in [5, 5.41) is 0. The van der Waals surface area contributed by atoms with Crippen molar-refractivity contribution in [3.8, 4) is 0 Å². The van der Waals surface area contributed by atoms with Gasteiger partial charge in [0.25, 0.3) is 15.9 Å². The molecule has 0 saturated heterocycles. The van der Waals surface area contributed by atoms with Crippen LogP contribution in [0.5, 0.6) is 0 Å². The smallest absolute Gasteiger partial charge is 0.264 e. The van der Waals surface area contributed by atoms with E-state index in [-0.39, 0.29) is 11.4 Å². The van der Waals surface area contributed by atoms with E-state index >= 15 is 0 Å². The van der Waals surface area contributed by atoms with Gasteiger partial charge in [0.1, 0.15) is 6.54 Å². The van der Waals surface area contributed by atoms with Gasteiger partial charge < -0.3 is 5.43 Å². The largest absolute Gasteiger partial charge is 0.303 e. The van der Waals surface area contributed by atoms with Gasteiger partial charge in [-0.3, -0.25) is 14.5 Å². The van der Waals surface area contributed by atoms with Gasteiger partial charge in [0, 0.05) is 5.70 Å². The number of nitrogens with one attached hydrogen (secondary N) is 2. The number of carbonyl (C=O) groups is 1. The summed E-state index contributed by atoms with van der Waals surface area (Å²) in [7, 11) is -3.89. The molecule has 0 unspecified atom stereocenters. The Hall–Kier alpha value is -2.80. The summed E-state index contributed by atoms with van der Waals surface area (Å²) in [6.45, 7) is 1.61. The molecule has 0 atom stereocenters. The van der Waals surface area contributed by atoms with Crippen LogP contribution in [-0.2, 0) is 14.8 Å². The molecule has 0 heterocycles. The van der Waals surface area contributed by atoms with E-state index in [0.29, 0.717) is 5.69 Å². The second-order valence-corrected chi connectivity index (χ2v) is 9.38. The maximum Gasteiger partial charge on any atom is 0.264 e. The van der Waals surface area contributed by atoms with Crippen LogP contribution in [-0.4, -0.2) is 20.9 Å². The number of allylic oxidation sites excluding steroid dienone is 2. The minimum absolute atomic E-state index is 0.147. The highest BCUT2D eigenvalue weighted by atomic mass is 32.2. The number of benzene rings is 2. The number of amides is 1. The summed E-state index contributed by atoms with van der Waals surface area (Å²) < 4.78 is 27.7. The predicted molar refractivity (Wildman–Crippen MR) is 119 cm³/mol. The normalized spacial score (nSPS) is 14.8. The lowest BCUT2D eigenvalue weighted by molar-refractivity contribution is -0.120. The standard InChI is InChI=1S/C23H29N3O3S/c1-19-14-16-21(17-15-19)26(30(28,29)22-12-8-5-9-13-22)18-23(27)25-24-20-10-6-3-2-4-7-11-20/h5,8-10,12-17,24H,2-4,6-7,11,18H2,1H3,(H,25,27). The molecule has 0 radical (unpaired) electrons. The Balaban J connectivity index is 1.77.